The Morgan fingerprint density at radius 2 is 2.00 bits per heavy atom. The number of carbonyl (C=O) groups is 1. The Hall–Kier alpha value is -0.890. The fraction of sp³-hybridized carbons (Fsp3) is 0.500. The molecule has 68 valence electrons. The van der Waals surface area contributed by atoms with Crippen molar-refractivity contribution in [3.8, 4) is 0 Å². The maximum atomic E-state index is 10.4. The van der Waals surface area contributed by atoms with E-state index in [0.29, 0.717) is 5.57 Å². The summed E-state index contributed by atoms with van der Waals surface area (Å²) in [4.78, 5) is 10.4. The van der Waals surface area contributed by atoms with Crippen LogP contribution in [0.5, 0.6) is 0 Å². The van der Waals surface area contributed by atoms with Crippen molar-refractivity contribution in [2.75, 3.05) is 6.61 Å². The average molecular weight is 168 g/mol. The van der Waals surface area contributed by atoms with Crippen molar-refractivity contribution >= 4 is 6.29 Å². The zero-order chi connectivity index (χ0) is 9.40. The van der Waals surface area contributed by atoms with Crippen molar-refractivity contribution in [2.24, 2.45) is 0 Å². The largest absolute Gasteiger partial charge is 0.392 e. The molecule has 0 aromatic heterocycles. The van der Waals surface area contributed by atoms with Gasteiger partial charge in [-0.05, 0) is 32.3 Å². The summed E-state index contributed by atoms with van der Waals surface area (Å²) in [6.07, 6.45) is 6.01. The van der Waals surface area contributed by atoms with Gasteiger partial charge in [-0.3, -0.25) is 4.79 Å². The van der Waals surface area contributed by atoms with Gasteiger partial charge in [-0.2, -0.15) is 0 Å². The summed E-state index contributed by atoms with van der Waals surface area (Å²) in [7, 11) is 0. The number of hydrogen-bond acceptors (Lipinski definition) is 2. The summed E-state index contributed by atoms with van der Waals surface area (Å²) < 4.78 is 0. The van der Waals surface area contributed by atoms with E-state index in [1.807, 2.05) is 13.8 Å². The van der Waals surface area contributed by atoms with Crippen LogP contribution in [0.2, 0.25) is 0 Å². The van der Waals surface area contributed by atoms with Crippen LogP contribution in [0, 0.1) is 0 Å². The molecule has 0 aromatic rings. The monoisotopic (exact) mass is 168 g/mol. The lowest BCUT2D eigenvalue weighted by molar-refractivity contribution is -0.105. The highest BCUT2D eigenvalue weighted by atomic mass is 16.2. The summed E-state index contributed by atoms with van der Waals surface area (Å²) in [5.41, 5.74) is 1.93. The van der Waals surface area contributed by atoms with Crippen LogP contribution in [0.3, 0.4) is 0 Å². The van der Waals surface area contributed by atoms with Crippen LogP contribution in [0.4, 0.5) is 0 Å². The number of allylic oxidation sites excluding steroid dienone is 3. The van der Waals surface area contributed by atoms with Crippen LogP contribution >= 0.6 is 0 Å². The minimum atomic E-state index is -0.0527. The fourth-order valence-electron chi connectivity index (χ4n) is 0.854. The zero-order valence-corrected chi connectivity index (χ0v) is 7.71. The van der Waals surface area contributed by atoms with Crippen LogP contribution in [0.25, 0.3) is 0 Å². The molecule has 0 fully saturated rings. The van der Waals surface area contributed by atoms with E-state index in [1.54, 1.807) is 6.08 Å². The molecule has 0 saturated heterocycles. The van der Waals surface area contributed by atoms with E-state index in [1.165, 1.54) is 5.57 Å². The van der Waals surface area contributed by atoms with E-state index in [-0.39, 0.29) is 6.61 Å². The second-order valence-corrected chi connectivity index (χ2v) is 2.90. The van der Waals surface area contributed by atoms with Gasteiger partial charge in [-0.1, -0.05) is 17.7 Å². The molecular formula is C10H16O2. The Bertz CT molecular complexity index is 186. The molecular weight excluding hydrogens is 152 g/mol. The SMILES string of the molecule is CC(C)=CCC/C(C=O)=C\CO. The third-order valence-corrected chi connectivity index (χ3v) is 1.49. The number of aliphatic hydroxyl groups is 1. The van der Waals surface area contributed by atoms with Gasteiger partial charge in [0.25, 0.3) is 0 Å². The molecule has 0 amide bonds. The van der Waals surface area contributed by atoms with Crippen LogP contribution in [-0.2, 0) is 4.79 Å². The molecule has 0 rings (SSSR count). The molecule has 0 saturated carbocycles. The zero-order valence-electron chi connectivity index (χ0n) is 7.71. The molecule has 0 bridgehead atoms. The first-order valence-corrected chi connectivity index (χ1v) is 4.09. The number of aldehydes is 1. The lowest BCUT2D eigenvalue weighted by atomic mass is 10.1. The Kier molecular flexibility index (Phi) is 6.29. The molecule has 2 heteroatoms. The highest BCUT2D eigenvalue weighted by Crippen LogP contribution is 2.04. The second-order valence-electron chi connectivity index (χ2n) is 2.90. The average Bonchev–Trinajstić information content (AvgIpc) is 2.02. The van der Waals surface area contributed by atoms with E-state index in [9.17, 15) is 4.79 Å². The molecule has 0 aliphatic rings. The normalized spacial score (nSPS) is 11.1. The third kappa shape index (κ3) is 5.86. The first-order valence-electron chi connectivity index (χ1n) is 4.09. The fourth-order valence-corrected chi connectivity index (χ4v) is 0.854. The maximum absolute atomic E-state index is 10.4. The number of hydrogen-bond donors (Lipinski definition) is 1. The minimum absolute atomic E-state index is 0.0527. The number of carbonyl (C=O) groups excluding carboxylic acids is 1. The van der Waals surface area contributed by atoms with Gasteiger partial charge in [0.1, 0.15) is 6.29 Å². The summed E-state index contributed by atoms with van der Waals surface area (Å²) in [5, 5.41) is 8.53. The molecule has 0 heterocycles. The quantitative estimate of drug-likeness (QED) is 0.386. The lowest BCUT2D eigenvalue weighted by Crippen LogP contribution is -1.87. The van der Waals surface area contributed by atoms with Gasteiger partial charge >= 0.3 is 0 Å². The van der Waals surface area contributed by atoms with Crippen LogP contribution in [0.1, 0.15) is 26.7 Å². The predicted molar refractivity (Wildman–Crippen MR) is 49.9 cm³/mol. The van der Waals surface area contributed by atoms with E-state index in [2.05, 4.69) is 6.08 Å². The first-order chi connectivity index (χ1) is 5.70. The van der Waals surface area contributed by atoms with Gasteiger partial charge in [0.05, 0.1) is 6.61 Å². The minimum Gasteiger partial charge on any atom is -0.392 e. The summed E-state index contributed by atoms with van der Waals surface area (Å²) >= 11 is 0. The Morgan fingerprint density at radius 1 is 1.33 bits per heavy atom. The lowest BCUT2D eigenvalue weighted by Gasteiger charge is -1.95. The summed E-state index contributed by atoms with van der Waals surface area (Å²) in [5.74, 6) is 0. The Morgan fingerprint density at radius 3 is 2.42 bits per heavy atom. The summed E-state index contributed by atoms with van der Waals surface area (Å²) in [6, 6.07) is 0. The van der Waals surface area contributed by atoms with Crippen molar-refractivity contribution in [1.29, 1.82) is 0 Å². The van der Waals surface area contributed by atoms with Crippen LogP contribution in [0.15, 0.2) is 23.3 Å². The van der Waals surface area contributed by atoms with E-state index in [4.69, 9.17) is 5.11 Å². The molecule has 0 unspecified atom stereocenters. The van der Waals surface area contributed by atoms with Crippen molar-refractivity contribution in [3.05, 3.63) is 23.3 Å². The number of rotatable bonds is 5. The standard InChI is InChI=1S/C10H16O2/c1-9(2)4-3-5-10(8-12)6-7-11/h4,6,8,11H,3,5,7H2,1-2H3/b10-6+. The highest BCUT2D eigenvalue weighted by molar-refractivity contribution is 5.73. The second kappa shape index (κ2) is 6.80. The molecule has 0 aromatic carbocycles. The smallest absolute Gasteiger partial charge is 0.145 e. The molecule has 0 radical (unpaired) electrons. The van der Waals surface area contributed by atoms with Gasteiger partial charge in [0.2, 0.25) is 0 Å². The Labute approximate surface area is 73.6 Å². The molecule has 0 atom stereocenters. The molecule has 0 aliphatic carbocycles. The molecule has 12 heavy (non-hydrogen) atoms. The topological polar surface area (TPSA) is 37.3 Å². The molecule has 2 nitrogen and oxygen atoms in total. The van der Waals surface area contributed by atoms with Crippen molar-refractivity contribution in [1.82, 2.24) is 0 Å². The molecule has 1 N–H and O–H groups in total. The highest BCUT2D eigenvalue weighted by Gasteiger charge is 1.92. The van der Waals surface area contributed by atoms with Crippen molar-refractivity contribution < 1.29 is 9.90 Å². The van der Waals surface area contributed by atoms with Gasteiger partial charge < -0.3 is 5.11 Å². The predicted octanol–water partition coefficient (Wildman–Crippen LogP) is 1.85. The molecule has 0 aliphatic heterocycles. The Balaban J connectivity index is 3.81. The van der Waals surface area contributed by atoms with Gasteiger partial charge in [-0.25, -0.2) is 0 Å². The third-order valence-electron chi connectivity index (χ3n) is 1.49. The van der Waals surface area contributed by atoms with Crippen molar-refractivity contribution in [2.45, 2.75) is 26.7 Å². The molecule has 0 spiro atoms. The van der Waals surface area contributed by atoms with Gasteiger partial charge in [0, 0.05) is 0 Å². The number of aliphatic hydroxyl groups excluding tert-OH is 1. The van der Waals surface area contributed by atoms with Crippen molar-refractivity contribution in [3.63, 3.8) is 0 Å². The van der Waals surface area contributed by atoms with E-state index < -0.39 is 0 Å². The van der Waals surface area contributed by atoms with E-state index in [0.717, 1.165) is 19.1 Å². The maximum Gasteiger partial charge on any atom is 0.145 e. The van der Waals surface area contributed by atoms with Crippen LogP contribution < -0.4 is 0 Å². The van der Waals surface area contributed by atoms with Gasteiger partial charge in [-0.15, -0.1) is 0 Å². The first kappa shape index (κ1) is 11.1. The van der Waals surface area contributed by atoms with E-state index >= 15 is 0 Å². The van der Waals surface area contributed by atoms with Gasteiger partial charge in [0.15, 0.2) is 0 Å². The van der Waals surface area contributed by atoms with Crippen LogP contribution in [-0.4, -0.2) is 18.0 Å². The summed E-state index contributed by atoms with van der Waals surface area (Å²) in [6.45, 7) is 4.00.